The summed E-state index contributed by atoms with van der Waals surface area (Å²) in [6.45, 7) is 10.1. The van der Waals surface area contributed by atoms with Gasteiger partial charge < -0.3 is 4.57 Å². The van der Waals surface area contributed by atoms with Crippen molar-refractivity contribution in [2.45, 2.75) is 111 Å². The van der Waals surface area contributed by atoms with Gasteiger partial charge in [0.15, 0.2) is 0 Å². The highest BCUT2D eigenvalue weighted by Gasteiger charge is 2.19. The fourth-order valence-electron chi connectivity index (χ4n) is 5.28. The minimum absolute atomic E-state index is 0.750. The molecule has 3 aromatic rings. The molecule has 1 unspecified atom stereocenters. The molecule has 3 rings (SSSR count). The average Bonchev–Trinajstić information content (AvgIpc) is 3.09. The van der Waals surface area contributed by atoms with Gasteiger partial charge in [-0.1, -0.05) is 89.7 Å². The third kappa shape index (κ3) is 6.88. The molecule has 0 saturated carbocycles. The number of nitrogens with zero attached hydrogens (tertiary/aromatic N) is 1. The number of aromatic nitrogens is 1. The van der Waals surface area contributed by atoms with Crippen molar-refractivity contribution in [2.75, 3.05) is 0 Å². The third-order valence-electron chi connectivity index (χ3n) is 7.24. The lowest BCUT2D eigenvalue weighted by molar-refractivity contribution is 0.365. The number of unbranched alkanes of at least 4 members (excludes halogenated alkanes) is 8. The Morgan fingerprint density at radius 1 is 0.727 bits per heavy atom. The first-order valence-electron chi connectivity index (χ1n) is 13.3. The second-order valence-corrected chi connectivity index (χ2v) is 11.7. The molecule has 0 radical (unpaired) electrons. The minimum atomic E-state index is 0.750. The maximum Gasteiger partial charge on any atom is 0.0647 e. The summed E-state index contributed by atoms with van der Waals surface area (Å²) < 4.78 is 5.02. The predicted octanol–water partition coefficient (Wildman–Crippen LogP) is 11.3. The van der Waals surface area contributed by atoms with Gasteiger partial charge in [0.25, 0.3) is 0 Å². The molecule has 2 aromatic carbocycles. The van der Waals surface area contributed by atoms with Gasteiger partial charge >= 0.3 is 0 Å². The van der Waals surface area contributed by atoms with E-state index in [1.165, 1.54) is 119 Å². The first-order valence-corrected chi connectivity index (χ1v) is 14.9. The summed E-state index contributed by atoms with van der Waals surface area (Å²) in [6.07, 6.45) is 16.5. The van der Waals surface area contributed by atoms with E-state index in [0.717, 1.165) is 12.5 Å². The van der Waals surface area contributed by atoms with Crippen molar-refractivity contribution in [1.29, 1.82) is 0 Å². The second kappa shape index (κ2) is 13.3. The van der Waals surface area contributed by atoms with Crippen LogP contribution in [0.2, 0.25) is 0 Å². The van der Waals surface area contributed by atoms with Gasteiger partial charge in [0.05, 0.1) is 9.99 Å². The molecular formula is C30H43Br2N. The van der Waals surface area contributed by atoms with Gasteiger partial charge in [0.1, 0.15) is 0 Å². The molecular weight excluding hydrogens is 534 g/mol. The Balaban J connectivity index is 1.90. The lowest BCUT2D eigenvalue weighted by atomic mass is 9.94. The lowest BCUT2D eigenvalue weighted by Gasteiger charge is -2.20. The molecule has 0 amide bonds. The SMILES string of the molecule is CCCCCCCCC(CCCCCC)Cn1c2ccc(C)cc2c2cc(C)c(Br)c(Br)c21. The maximum absolute atomic E-state index is 3.96. The molecule has 0 fully saturated rings. The number of benzene rings is 2. The van der Waals surface area contributed by atoms with Crippen LogP contribution in [0.5, 0.6) is 0 Å². The molecule has 0 spiro atoms. The third-order valence-corrected chi connectivity index (χ3v) is 9.56. The van der Waals surface area contributed by atoms with E-state index in [2.05, 4.69) is 88.4 Å². The molecule has 0 saturated heterocycles. The fraction of sp³-hybridized carbons (Fsp3) is 0.600. The number of fused-ring (bicyclic) bond motifs is 3. The summed E-state index contributed by atoms with van der Waals surface area (Å²) >= 11 is 7.81. The summed E-state index contributed by atoms with van der Waals surface area (Å²) in [6, 6.07) is 9.36. The van der Waals surface area contributed by atoms with Crippen molar-refractivity contribution in [2.24, 2.45) is 5.92 Å². The van der Waals surface area contributed by atoms with E-state index < -0.39 is 0 Å². The number of aryl methyl sites for hydroxylation is 2. The van der Waals surface area contributed by atoms with E-state index in [4.69, 9.17) is 0 Å². The van der Waals surface area contributed by atoms with Crippen LogP contribution in [-0.2, 0) is 6.54 Å². The zero-order valence-corrected chi connectivity index (χ0v) is 24.5. The van der Waals surface area contributed by atoms with Crippen LogP contribution in [0, 0.1) is 19.8 Å². The van der Waals surface area contributed by atoms with Crippen molar-refractivity contribution < 1.29 is 0 Å². The van der Waals surface area contributed by atoms with E-state index in [0.29, 0.717) is 0 Å². The van der Waals surface area contributed by atoms with Crippen molar-refractivity contribution in [3.8, 4) is 0 Å². The molecule has 33 heavy (non-hydrogen) atoms. The van der Waals surface area contributed by atoms with Crippen molar-refractivity contribution in [3.05, 3.63) is 44.3 Å². The van der Waals surface area contributed by atoms with Crippen LogP contribution < -0.4 is 0 Å². The van der Waals surface area contributed by atoms with E-state index in [9.17, 15) is 0 Å². The van der Waals surface area contributed by atoms with Gasteiger partial charge in [0.2, 0.25) is 0 Å². The topological polar surface area (TPSA) is 4.93 Å². The summed E-state index contributed by atoms with van der Waals surface area (Å²) in [5, 5.41) is 2.77. The monoisotopic (exact) mass is 575 g/mol. The summed E-state index contributed by atoms with van der Waals surface area (Å²) in [4.78, 5) is 0. The van der Waals surface area contributed by atoms with Crippen molar-refractivity contribution >= 4 is 53.7 Å². The number of hydrogen-bond donors (Lipinski definition) is 0. The summed E-state index contributed by atoms with van der Waals surface area (Å²) in [7, 11) is 0. The number of rotatable bonds is 14. The van der Waals surface area contributed by atoms with Crippen LogP contribution >= 0.6 is 31.9 Å². The first-order chi connectivity index (χ1) is 16.0. The summed E-state index contributed by atoms with van der Waals surface area (Å²) in [5.41, 5.74) is 5.37. The maximum atomic E-state index is 3.96. The van der Waals surface area contributed by atoms with Crippen LogP contribution in [0.1, 0.15) is 102 Å². The first kappa shape index (κ1) is 26.8. The van der Waals surface area contributed by atoms with Gasteiger partial charge in [-0.15, -0.1) is 0 Å². The van der Waals surface area contributed by atoms with Crippen LogP contribution in [0.4, 0.5) is 0 Å². The Bertz CT molecular complexity index is 1030. The van der Waals surface area contributed by atoms with Crippen molar-refractivity contribution in [3.63, 3.8) is 0 Å². The average molecular weight is 577 g/mol. The largest absolute Gasteiger partial charge is 0.339 e. The Kier molecular flexibility index (Phi) is 10.8. The highest BCUT2D eigenvalue weighted by Crippen LogP contribution is 2.40. The molecule has 1 nitrogen and oxygen atoms in total. The van der Waals surface area contributed by atoms with Crippen LogP contribution in [0.15, 0.2) is 33.2 Å². The molecule has 0 N–H and O–H groups in total. The minimum Gasteiger partial charge on any atom is -0.339 e. The Morgan fingerprint density at radius 2 is 1.33 bits per heavy atom. The smallest absolute Gasteiger partial charge is 0.0647 e. The fourth-order valence-corrected chi connectivity index (χ4v) is 6.32. The van der Waals surface area contributed by atoms with Gasteiger partial charge in [-0.3, -0.25) is 0 Å². The van der Waals surface area contributed by atoms with E-state index in [1.54, 1.807) is 0 Å². The lowest BCUT2D eigenvalue weighted by Crippen LogP contribution is -2.11. The normalized spacial score (nSPS) is 12.8. The zero-order valence-electron chi connectivity index (χ0n) is 21.3. The van der Waals surface area contributed by atoms with Crippen molar-refractivity contribution in [1.82, 2.24) is 4.57 Å². The van der Waals surface area contributed by atoms with Gasteiger partial charge in [-0.25, -0.2) is 0 Å². The molecule has 1 heterocycles. The highest BCUT2D eigenvalue weighted by molar-refractivity contribution is 9.13. The molecule has 3 heteroatoms. The Hall–Kier alpha value is -0.800. The van der Waals surface area contributed by atoms with Crippen LogP contribution in [0.25, 0.3) is 21.8 Å². The predicted molar refractivity (Wildman–Crippen MR) is 155 cm³/mol. The van der Waals surface area contributed by atoms with E-state index >= 15 is 0 Å². The van der Waals surface area contributed by atoms with Crippen LogP contribution in [-0.4, -0.2) is 4.57 Å². The van der Waals surface area contributed by atoms with Gasteiger partial charge in [0, 0.05) is 27.3 Å². The molecule has 0 aliphatic heterocycles. The molecule has 1 aromatic heterocycles. The zero-order chi connectivity index (χ0) is 23.8. The highest BCUT2D eigenvalue weighted by atomic mass is 79.9. The molecule has 1 atom stereocenters. The van der Waals surface area contributed by atoms with Gasteiger partial charge in [-0.05, 0) is 88.2 Å². The quantitative estimate of drug-likeness (QED) is 0.168. The standard InChI is InChI=1S/C30H43Br2N/c1-5-7-9-11-12-14-16-24(15-13-10-8-6-2)21-33-27-18-17-22(3)19-25(27)26-20-23(4)28(31)29(32)30(26)33/h17-20,24H,5-16,21H2,1-4H3. The molecule has 0 bridgehead atoms. The van der Waals surface area contributed by atoms with Crippen LogP contribution in [0.3, 0.4) is 0 Å². The Morgan fingerprint density at radius 3 is 2.00 bits per heavy atom. The second-order valence-electron chi connectivity index (χ2n) is 10.1. The van der Waals surface area contributed by atoms with Gasteiger partial charge in [-0.2, -0.15) is 0 Å². The summed E-state index contributed by atoms with van der Waals surface area (Å²) in [5.74, 6) is 0.750. The molecule has 182 valence electrons. The Labute approximate surface area is 219 Å². The number of halogens is 2. The molecule has 0 aliphatic carbocycles. The molecule has 0 aliphatic rings. The number of hydrogen-bond acceptors (Lipinski definition) is 0. The van der Waals surface area contributed by atoms with E-state index in [1.807, 2.05) is 0 Å². The van der Waals surface area contributed by atoms with E-state index in [-0.39, 0.29) is 0 Å².